The van der Waals surface area contributed by atoms with Gasteiger partial charge in [-0.2, -0.15) is 0 Å². The molecule has 9 nitrogen and oxygen atoms in total. The number of β-amino-alcohol motifs (C(OH)–C–C–N with tert-alkyl or cyclic N) is 1. The van der Waals surface area contributed by atoms with Crippen molar-refractivity contribution in [3.05, 3.63) is 58.1 Å². The Hall–Kier alpha value is -2.37. The highest BCUT2D eigenvalue weighted by molar-refractivity contribution is 7.90. The molecular formula is C37H51ClN4O5S. The highest BCUT2D eigenvalue weighted by Crippen LogP contribution is 2.49. The molecule has 2 aromatic carbocycles. The summed E-state index contributed by atoms with van der Waals surface area (Å²) in [5.74, 6) is 0.305. The number of aryl methyl sites for hydroxylation is 1. The predicted molar refractivity (Wildman–Crippen MR) is 190 cm³/mol. The summed E-state index contributed by atoms with van der Waals surface area (Å²) < 4.78 is 35.9. The van der Waals surface area contributed by atoms with Crippen molar-refractivity contribution in [2.24, 2.45) is 17.8 Å². The van der Waals surface area contributed by atoms with Gasteiger partial charge in [-0.25, -0.2) is 13.1 Å². The van der Waals surface area contributed by atoms with E-state index in [1.165, 1.54) is 11.1 Å². The minimum absolute atomic E-state index is 0.129. The molecule has 7 rings (SSSR count). The van der Waals surface area contributed by atoms with E-state index in [0.29, 0.717) is 43.9 Å². The number of fused-ring (bicyclic) bond motifs is 4. The number of rotatable bonds is 2. The van der Waals surface area contributed by atoms with Crippen molar-refractivity contribution < 1.29 is 23.1 Å². The van der Waals surface area contributed by atoms with Crippen LogP contribution in [0.15, 0.2) is 36.4 Å². The van der Waals surface area contributed by atoms with Crippen LogP contribution < -0.4 is 19.7 Å². The minimum Gasteiger partial charge on any atom is -0.490 e. The summed E-state index contributed by atoms with van der Waals surface area (Å²) in [7, 11) is -3.93. The fraction of sp³-hybridized carbons (Fsp3) is 0.649. The van der Waals surface area contributed by atoms with Crippen LogP contribution >= 0.6 is 11.6 Å². The Labute approximate surface area is 290 Å². The highest BCUT2D eigenvalue weighted by atomic mass is 35.5. The smallest absolute Gasteiger partial charge is 0.264 e. The largest absolute Gasteiger partial charge is 0.490 e. The first kappa shape index (κ1) is 34.1. The van der Waals surface area contributed by atoms with Crippen molar-refractivity contribution in [1.82, 2.24) is 14.9 Å². The Kier molecular flexibility index (Phi) is 9.52. The number of nitrogens with one attached hydrogen (secondary N) is 2. The third kappa shape index (κ3) is 6.60. The molecule has 1 amide bonds. The van der Waals surface area contributed by atoms with Crippen LogP contribution in [0.5, 0.6) is 5.75 Å². The quantitative estimate of drug-likeness (QED) is 0.413. The van der Waals surface area contributed by atoms with Crippen LogP contribution in [0.4, 0.5) is 5.69 Å². The average molecular weight is 699 g/mol. The van der Waals surface area contributed by atoms with Crippen molar-refractivity contribution in [3.63, 3.8) is 0 Å². The Balaban J connectivity index is 1.29. The number of sulfonamides is 1. The lowest BCUT2D eigenvalue weighted by Gasteiger charge is -2.51. The zero-order valence-corrected chi connectivity index (χ0v) is 29.9. The predicted octanol–water partition coefficient (Wildman–Crippen LogP) is 4.74. The molecule has 1 spiro atoms. The maximum absolute atomic E-state index is 13.5. The van der Waals surface area contributed by atoms with Crippen molar-refractivity contribution in [2.75, 3.05) is 57.3 Å². The number of aliphatic hydroxyl groups is 1. The van der Waals surface area contributed by atoms with Crippen LogP contribution in [-0.2, 0) is 21.9 Å². The standard InChI is InChI=1S/C37H51ClN4O5S/c1-25-5-3-14-37(44,23-41-17-15-39-16-18-41)32-10-7-29(32)21-42-22-36(13-4-6-27-19-30(38)9-11-31(27)36)24-47-34-12-8-28(20-33(34)42)35(43)40-48(45,46)26(25)2/h8-9,11-12,19-20,25-26,29,32,39,44H,3-7,10,13-18,21-24H2,1-2H3,(H,40,43)/t25-,26+,29-,32+,36-,37+/m0/s1. The molecule has 48 heavy (non-hydrogen) atoms. The van der Waals surface area contributed by atoms with Gasteiger partial charge in [0.05, 0.1) is 23.1 Å². The summed E-state index contributed by atoms with van der Waals surface area (Å²) in [5.41, 5.74) is 2.49. The van der Waals surface area contributed by atoms with Crippen LogP contribution in [0.1, 0.15) is 80.3 Å². The van der Waals surface area contributed by atoms with Crippen LogP contribution in [0, 0.1) is 17.8 Å². The number of amides is 1. The number of halogens is 1. The fourth-order valence-electron chi connectivity index (χ4n) is 9.22. The number of ether oxygens (including phenoxy) is 1. The van der Waals surface area contributed by atoms with Crippen molar-refractivity contribution >= 4 is 33.2 Å². The Morgan fingerprint density at radius 1 is 1.04 bits per heavy atom. The maximum atomic E-state index is 13.5. The van der Waals surface area contributed by atoms with Gasteiger partial charge in [-0.15, -0.1) is 0 Å². The maximum Gasteiger partial charge on any atom is 0.264 e. The van der Waals surface area contributed by atoms with E-state index < -0.39 is 26.8 Å². The summed E-state index contributed by atoms with van der Waals surface area (Å²) in [5, 5.41) is 16.1. The molecule has 2 aliphatic carbocycles. The van der Waals surface area contributed by atoms with Crippen molar-refractivity contribution in [3.8, 4) is 5.75 Å². The SMILES string of the molecule is C[C@@H]1[C@@H](C)CCC[C@@](O)(CN2CCNCC2)[C@@H]2CC[C@H]2CN2C[C@@]3(CCCc4cc(Cl)ccc43)COc3ccc(cc32)C(=O)NS1(=O)=O. The van der Waals surface area contributed by atoms with E-state index in [-0.39, 0.29) is 23.2 Å². The molecule has 6 atom stereocenters. The summed E-state index contributed by atoms with van der Waals surface area (Å²) in [6.45, 7) is 9.85. The van der Waals surface area contributed by atoms with Gasteiger partial charge in [0.2, 0.25) is 10.0 Å². The molecule has 1 saturated carbocycles. The second-order valence-electron chi connectivity index (χ2n) is 15.4. The Morgan fingerprint density at radius 3 is 2.62 bits per heavy atom. The topological polar surface area (TPSA) is 111 Å². The summed E-state index contributed by atoms with van der Waals surface area (Å²) >= 11 is 6.46. The molecule has 11 heteroatoms. The molecule has 2 bridgehead atoms. The van der Waals surface area contributed by atoms with Gasteiger partial charge >= 0.3 is 0 Å². The minimum atomic E-state index is -3.93. The molecule has 3 N–H and O–H groups in total. The number of carbonyl (C=O) groups is 1. The van der Waals surface area contributed by atoms with Gasteiger partial charge in [-0.3, -0.25) is 9.69 Å². The van der Waals surface area contributed by atoms with Gasteiger partial charge in [-0.1, -0.05) is 31.0 Å². The van der Waals surface area contributed by atoms with Gasteiger partial charge in [0.1, 0.15) is 5.75 Å². The van der Waals surface area contributed by atoms with Crippen LogP contribution in [0.25, 0.3) is 0 Å². The molecule has 2 aromatic rings. The summed E-state index contributed by atoms with van der Waals surface area (Å²) in [6.07, 6.45) is 6.99. The van der Waals surface area contributed by atoms with Gasteiger partial charge in [-0.05, 0) is 111 Å². The zero-order chi connectivity index (χ0) is 33.7. The average Bonchev–Trinajstić information content (AvgIpc) is 3.19. The van der Waals surface area contributed by atoms with Gasteiger partial charge in [0.25, 0.3) is 5.91 Å². The van der Waals surface area contributed by atoms with E-state index in [4.69, 9.17) is 16.3 Å². The lowest BCUT2D eigenvalue weighted by Crippen LogP contribution is -2.58. The number of benzene rings is 2. The number of anilines is 1. The van der Waals surface area contributed by atoms with Crippen molar-refractivity contribution in [2.45, 2.75) is 81.5 Å². The second kappa shape index (κ2) is 13.4. The third-order valence-corrected chi connectivity index (χ3v) is 14.5. The van der Waals surface area contributed by atoms with Gasteiger partial charge in [0, 0.05) is 61.8 Å². The first-order valence-electron chi connectivity index (χ1n) is 18.0. The van der Waals surface area contributed by atoms with E-state index in [2.05, 4.69) is 32.0 Å². The summed E-state index contributed by atoms with van der Waals surface area (Å²) in [6, 6.07) is 11.5. The Bertz CT molecular complexity index is 1630. The molecule has 262 valence electrons. The molecule has 3 aliphatic heterocycles. The molecule has 0 radical (unpaired) electrons. The van der Waals surface area contributed by atoms with E-state index >= 15 is 0 Å². The molecule has 1 saturated heterocycles. The van der Waals surface area contributed by atoms with E-state index in [1.54, 1.807) is 13.0 Å². The Morgan fingerprint density at radius 2 is 1.85 bits per heavy atom. The number of hydrogen-bond donors (Lipinski definition) is 3. The highest BCUT2D eigenvalue weighted by Gasteiger charge is 2.49. The molecular weight excluding hydrogens is 648 g/mol. The fourth-order valence-corrected chi connectivity index (χ4v) is 10.7. The first-order valence-corrected chi connectivity index (χ1v) is 19.9. The second-order valence-corrected chi connectivity index (χ2v) is 17.9. The molecule has 0 aromatic heterocycles. The van der Waals surface area contributed by atoms with Crippen molar-refractivity contribution in [1.29, 1.82) is 0 Å². The zero-order valence-electron chi connectivity index (χ0n) is 28.3. The molecule has 2 fully saturated rings. The monoisotopic (exact) mass is 698 g/mol. The molecule has 3 heterocycles. The van der Waals surface area contributed by atoms with Crippen LogP contribution in [0.3, 0.4) is 0 Å². The number of carbonyl (C=O) groups excluding carboxylic acids is 1. The lowest BCUT2D eigenvalue weighted by atomic mass is 9.62. The van der Waals surface area contributed by atoms with E-state index in [1.807, 2.05) is 25.1 Å². The lowest BCUT2D eigenvalue weighted by molar-refractivity contribution is -0.106. The van der Waals surface area contributed by atoms with E-state index in [0.717, 1.165) is 82.0 Å². The number of hydrogen-bond acceptors (Lipinski definition) is 8. The summed E-state index contributed by atoms with van der Waals surface area (Å²) in [4.78, 5) is 18.3. The van der Waals surface area contributed by atoms with Crippen LogP contribution in [-0.4, -0.2) is 87.6 Å². The first-order chi connectivity index (χ1) is 23.0. The van der Waals surface area contributed by atoms with Crippen LogP contribution in [0.2, 0.25) is 5.02 Å². The van der Waals surface area contributed by atoms with Gasteiger partial charge in [0.15, 0.2) is 0 Å². The normalized spacial score (nSPS) is 34.2. The third-order valence-electron chi connectivity index (χ3n) is 12.4. The molecule has 5 aliphatic rings. The number of nitrogens with zero attached hydrogens (tertiary/aromatic N) is 2. The number of piperazine rings is 1. The molecule has 0 unspecified atom stereocenters. The van der Waals surface area contributed by atoms with E-state index in [9.17, 15) is 18.3 Å². The van der Waals surface area contributed by atoms with Gasteiger partial charge < -0.3 is 20.1 Å².